The molecule has 0 amide bonds. The van der Waals surface area contributed by atoms with Gasteiger partial charge in [-0.2, -0.15) is 11.8 Å². The first kappa shape index (κ1) is 17.3. The van der Waals surface area contributed by atoms with Gasteiger partial charge in [-0.3, -0.25) is 0 Å². The summed E-state index contributed by atoms with van der Waals surface area (Å²) in [6.45, 7) is 8.70. The Morgan fingerprint density at radius 3 is 2.95 bits per heavy atom. The van der Waals surface area contributed by atoms with Crippen LogP contribution in [0.1, 0.15) is 33.1 Å². The van der Waals surface area contributed by atoms with E-state index in [4.69, 9.17) is 4.74 Å². The number of nitrogens with one attached hydrogen (secondary N) is 1. The Kier molecular flexibility index (Phi) is 9.12. The van der Waals surface area contributed by atoms with Crippen LogP contribution in [0.25, 0.3) is 0 Å². The molecule has 1 heterocycles. The topological polar surface area (TPSA) is 24.5 Å². The number of hydrogen-bond donors (Lipinski definition) is 1. The van der Waals surface area contributed by atoms with Gasteiger partial charge in [0, 0.05) is 31.2 Å². The van der Waals surface area contributed by atoms with E-state index < -0.39 is 0 Å². The van der Waals surface area contributed by atoms with Gasteiger partial charge in [-0.05, 0) is 51.8 Å². The lowest BCUT2D eigenvalue weighted by Crippen LogP contribution is -2.48. The summed E-state index contributed by atoms with van der Waals surface area (Å²) in [5, 5.41) is 3.70. The molecule has 0 aromatic carbocycles. The average molecular weight is 289 g/mol. The van der Waals surface area contributed by atoms with Gasteiger partial charge >= 0.3 is 0 Å². The van der Waals surface area contributed by atoms with E-state index in [2.05, 4.69) is 37.4 Å². The molecule has 0 bridgehead atoms. The zero-order chi connectivity index (χ0) is 14.1. The largest absolute Gasteiger partial charge is 0.381 e. The Labute approximate surface area is 123 Å². The van der Waals surface area contributed by atoms with Crippen molar-refractivity contribution in [2.75, 3.05) is 45.4 Å². The van der Waals surface area contributed by atoms with Crippen molar-refractivity contribution in [3.63, 3.8) is 0 Å². The van der Waals surface area contributed by atoms with Crippen molar-refractivity contribution >= 4 is 11.8 Å². The lowest BCUT2D eigenvalue weighted by atomic mass is 9.94. The molecule has 1 fully saturated rings. The molecule has 0 aromatic heterocycles. The van der Waals surface area contributed by atoms with E-state index in [0.29, 0.717) is 18.0 Å². The van der Waals surface area contributed by atoms with Crippen LogP contribution in [0, 0.1) is 5.92 Å². The van der Waals surface area contributed by atoms with E-state index in [1.54, 1.807) is 0 Å². The van der Waals surface area contributed by atoms with Crippen molar-refractivity contribution in [3.05, 3.63) is 0 Å². The van der Waals surface area contributed by atoms with Crippen molar-refractivity contribution < 1.29 is 4.74 Å². The molecule has 0 radical (unpaired) electrons. The second kappa shape index (κ2) is 10.0. The van der Waals surface area contributed by atoms with Crippen LogP contribution in [0.3, 0.4) is 0 Å². The fourth-order valence-electron chi connectivity index (χ4n) is 2.63. The molecular weight excluding hydrogens is 256 g/mol. The Bertz CT molecular complexity index is 228. The van der Waals surface area contributed by atoms with E-state index in [-0.39, 0.29) is 0 Å². The quantitative estimate of drug-likeness (QED) is 0.704. The molecule has 3 unspecified atom stereocenters. The second-order valence-electron chi connectivity index (χ2n) is 5.75. The van der Waals surface area contributed by atoms with E-state index in [1.807, 2.05) is 11.8 Å². The van der Waals surface area contributed by atoms with Crippen molar-refractivity contribution in [2.24, 2.45) is 5.92 Å². The highest BCUT2D eigenvalue weighted by Crippen LogP contribution is 2.18. The lowest BCUT2D eigenvalue weighted by Gasteiger charge is -2.36. The molecule has 1 aliphatic heterocycles. The zero-order valence-corrected chi connectivity index (χ0v) is 14.0. The minimum Gasteiger partial charge on any atom is -0.381 e. The number of hydrogen-bond acceptors (Lipinski definition) is 4. The highest BCUT2D eigenvalue weighted by molar-refractivity contribution is 7.98. The maximum absolute atomic E-state index is 5.68. The van der Waals surface area contributed by atoms with E-state index in [1.165, 1.54) is 18.6 Å². The van der Waals surface area contributed by atoms with Crippen LogP contribution in [0.5, 0.6) is 0 Å². The first-order chi connectivity index (χ1) is 9.19. The summed E-state index contributed by atoms with van der Waals surface area (Å²) in [6.07, 6.45) is 5.84. The monoisotopic (exact) mass is 288 g/mol. The van der Waals surface area contributed by atoms with Gasteiger partial charge in [-0.15, -0.1) is 0 Å². The zero-order valence-electron chi connectivity index (χ0n) is 13.2. The second-order valence-corrected chi connectivity index (χ2v) is 6.74. The van der Waals surface area contributed by atoms with Crippen LogP contribution >= 0.6 is 11.8 Å². The van der Waals surface area contributed by atoms with E-state index in [9.17, 15) is 0 Å². The van der Waals surface area contributed by atoms with E-state index >= 15 is 0 Å². The normalized spacial score (nSPS) is 25.7. The number of rotatable bonds is 9. The Morgan fingerprint density at radius 2 is 2.26 bits per heavy atom. The molecule has 0 spiro atoms. The molecule has 3 nitrogen and oxygen atoms in total. The van der Waals surface area contributed by atoms with Gasteiger partial charge < -0.3 is 15.0 Å². The lowest BCUT2D eigenvalue weighted by molar-refractivity contribution is 0.0154. The van der Waals surface area contributed by atoms with Gasteiger partial charge in [0.1, 0.15) is 0 Å². The maximum Gasteiger partial charge on any atom is 0.0521 e. The third kappa shape index (κ3) is 6.48. The minimum absolute atomic E-state index is 0.641. The molecular formula is C15H32N2OS. The van der Waals surface area contributed by atoms with Crippen LogP contribution in [-0.2, 0) is 4.74 Å². The molecule has 0 aromatic rings. The van der Waals surface area contributed by atoms with Crippen molar-refractivity contribution in [1.29, 1.82) is 0 Å². The Hall–Kier alpha value is 0.230. The molecule has 3 atom stereocenters. The summed E-state index contributed by atoms with van der Waals surface area (Å²) >= 11 is 1.94. The van der Waals surface area contributed by atoms with Crippen LogP contribution in [-0.4, -0.2) is 62.3 Å². The number of ether oxygens (including phenoxy) is 1. The van der Waals surface area contributed by atoms with Crippen LogP contribution in [0.15, 0.2) is 0 Å². The van der Waals surface area contributed by atoms with E-state index in [0.717, 1.165) is 32.7 Å². The molecule has 1 saturated heterocycles. The van der Waals surface area contributed by atoms with Gasteiger partial charge in [-0.25, -0.2) is 0 Å². The van der Waals surface area contributed by atoms with Crippen molar-refractivity contribution in [1.82, 2.24) is 10.2 Å². The average Bonchev–Trinajstić information content (AvgIpc) is 2.43. The predicted octanol–water partition coefficient (Wildman–Crippen LogP) is 2.46. The van der Waals surface area contributed by atoms with Crippen molar-refractivity contribution in [3.8, 4) is 0 Å². The molecule has 0 saturated carbocycles. The predicted molar refractivity (Wildman–Crippen MR) is 86.1 cm³/mol. The van der Waals surface area contributed by atoms with Crippen LogP contribution in [0.4, 0.5) is 0 Å². The molecule has 4 heteroatoms. The molecule has 0 aliphatic carbocycles. The van der Waals surface area contributed by atoms with Gasteiger partial charge in [-0.1, -0.05) is 6.92 Å². The van der Waals surface area contributed by atoms with Gasteiger partial charge in [0.05, 0.1) is 6.61 Å². The highest BCUT2D eigenvalue weighted by Gasteiger charge is 2.27. The van der Waals surface area contributed by atoms with Crippen LogP contribution in [0.2, 0.25) is 0 Å². The first-order valence-electron chi connectivity index (χ1n) is 7.69. The molecule has 1 rings (SSSR count). The van der Waals surface area contributed by atoms with Gasteiger partial charge in [0.15, 0.2) is 0 Å². The Morgan fingerprint density at radius 1 is 1.47 bits per heavy atom. The highest BCUT2D eigenvalue weighted by atomic mass is 32.2. The summed E-state index contributed by atoms with van der Waals surface area (Å²) in [5.41, 5.74) is 0. The van der Waals surface area contributed by atoms with Gasteiger partial charge in [0.2, 0.25) is 0 Å². The summed E-state index contributed by atoms with van der Waals surface area (Å²) in [7, 11) is 2.26. The summed E-state index contributed by atoms with van der Waals surface area (Å²) in [6, 6.07) is 1.31. The molecule has 19 heavy (non-hydrogen) atoms. The minimum atomic E-state index is 0.641. The molecule has 1 N–H and O–H groups in total. The fourth-order valence-corrected chi connectivity index (χ4v) is 3.21. The SMILES string of the molecule is CCCNC1CCOCC1CN(C)C(C)CCSC. The maximum atomic E-state index is 5.68. The summed E-state index contributed by atoms with van der Waals surface area (Å²) in [4.78, 5) is 2.51. The molecule has 1 aliphatic rings. The summed E-state index contributed by atoms with van der Waals surface area (Å²) in [5.74, 6) is 1.89. The van der Waals surface area contributed by atoms with Gasteiger partial charge in [0.25, 0.3) is 0 Å². The summed E-state index contributed by atoms with van der Waals surface area (Å²) < 4.78 is 5.68. The smallest absolute Gasteiger partial charge is 0.0521 e. The number of nitrogens with zero attached hydrogens (tertiary/aromatic N) is 1. The van der Waals surface area contributed by atoms with Crippen LogP contribution < -0.4 is 5.32 Å². The van der Waals surface area contributed by atoms with Crippen molar-refractivity contribution in [2.45, 2.75) is 45.2 Å². The molecule has 114 valence electrons. The Balaban J connectivity index is 2.37. The third-order valence-corrected chi connectivity index (χ3v) is 4.79. The third-order valence-electron chi connectivity index (χ3n) is 4.15. The number of thioether (sulfide) groups is 1. The standard InChI is InChI=1S/C15H32N2OS/c1-5-8-16-15-6-9-18-12-14(15)11-17(3)13(2)7-10-19-4/h13-16H,5-12H2,1-4H3. The fraction of sp³-hybridized carbons (Fsp3) is 1.00. The first-order valence-corrected chi connectivity index (χ1v) is 9.08.